The highest BCUT2D eigenvalue weighted by atomic mass is 35.5. The maximum Gasteiger partial charge on any atom is 0.319 e. The molecule has 0 heterocycles. The van der Waals surface area contributed by atoms with E-state index in [-0.39, 0.29) is 12.1 Å². The van der Waals surface area contributed by atoms with Gasteiger partial charge >= 0.3 is 6.03 Å². The molecule has 2 N–H and O–H groups in total. The Morgan fingerprint density at radius 2 is 1.86 bits per heavy atom. The average molecular weight is 318 g/mol. The van der Waals surface area contributed by atoms with Crippen molar-refractivity contribution in [2.45, 2.75) is 6.04 Å². The molecule has 0 fully saturated rings. The van der Waals surface area contributed by atoms with E-state index < -0.39 is 0 Å². The minimum Gasteiger partial charge on any atom is -0.336 e. The fourth-order valence-corrected chi connectivity index (χ4v) is 2.39. The van der Waals surface area contributed by atoms with Crippen LogP contribution in [0, 0.1) is 0 Å². The number of hydrogen-bond donors (Lipinski definition) is 2. The van der Waals surface area contributed by atoms with E-state index in [1.54, 1.807) is 24.3 Å². The SMILES string of the molecule is CN(C)C(CNC(=O)Nc1cccc(Cl)c1)c1ccccc1. The molecular formula is C17H20ClN3O. The summed E-state index contributed by atoms with van der Waals surface area (Å²) in [5.41, 5.74) is 1.83. The van der Waals surface area contributed by atoms with Gasteiger partial charge < -0.3 is 15.5 Å². The van der Waals surface area contributed by atoms with Gasteiger partial charge in [0.25, 0.3) is 0 Å². The summed E-state index contributed by atoms with van der Waals surface area (Å²) in [7, 11) is 3.99. The maximum atomic E-state index is 12.0. The number of anilines is 1. The smallest absolute Gasteiger partial charge is 0.319 e. The van der Waals surface area contributed by atoms with Crippen molar-refractivity contribution in [1.82, 2.24) is 10.2 Å². The molecule has 0 aliphatic carbocycles. The van der Waals surface area contributed by atoms with Gasteiger partial charge in [-0.3, -0.25) is 0 Å². The first-order valence-corrected chi connectivity index (χ1v) is 7.46. The zero-order valence-corrected chi connectivity index (χ0v) is 13.5. The predicted molar refractivity (Wildman–Crippen MR) is 91.3 cm³/mol. The number of nitrogens with zero attached hydrogens (tertiary/aromatic N) is 1. The Balaban J connectivity index is 1.94. The molecule has 2 amide bonds. The first-order chi connectivity index (χ1) is 10.6. The number of likely N-dealkylation sites (N-methyl/N-ethyl adjacent to an activating group) is 1. The van der Waals surface area contributed by atoms with E-state index >= 15 is 0 Å². The third kappa shape index (κ3) is 4.76. The second-order valence-electron chi connectivity index (χ2n) is 5.24. The molecule has 1 atom stereocenters. The fraction of sp³-hybridized carbons (Fsp3) is 0.235. The van der Waals surface area contributed by atoms with Crippen LogP contribution in [0.1, 0.15) is 11.6 Å². The molecule has 0 radical (unpaired) electrons. The number of amides is 2. The number of benzene rings is 2. The van der Waals surface area contributed by atoms with Gasteiger partial charge in [0.2, 0.25) is 0 Å². The van der Waals surface area contributed by atoms with Crippen molar-refractivity contribution >= 4 is 23.3 Å². The number of rotatable bonds is 5. The minimum absolute atomic E-state index is 0.117. The summed E-state index contributed by atoms with van der Waals surface area (Å²) < 4.78 is 0. The van der Waals surface area contributed by atoms with E-state index in [4.69, 9.17) is 11.6 Å². The molecule has 0 aliphatic rings. The summed E-state index contributed by atoms with van der Waals surface area (Å²) in [5, 5.41) is 6.26. The number of carbonyl (C=O) groups excluding carboxylic acids is 1. The summed E-state index contributed by atoms with van der Waals surface area (Å²) in [6.45, 7) is 0.517. The van der Waals surface area contributed by atoms with Crippen LogP contribution in [-0.4, -0.2) is 31.6 Å². The first kappa shape index (κ1) is 16.3. The lowest BCUT2D eigenvalue weighted by Crippen LogP contribution is -2.36. The van der Waals surface area contributed by atoms with E-state index in [1.165, 1.54) is 0 Å². The maximum absolute atomic E-state index is 12.0. The largest absolute Gasteiger partial charge is 0.336 e. The summed E-state index contributed by atoms with van der Waals surface area (Å²) >= 11 is 5.90. The summed E-state index contributed by atoms with van der Waals surface area (Å²) in [6, 6.07) is 17.0. The van der Waals surface area contributed by atoms with Gasteiger partial charge in [-0.1, -0.05) is 48.0 Å². The van der Waals surface area contributed by atoms with Gasteiger partial charge in [0.15, 0.2) is 0 Å². The zero-order chi connectivity index (χ0) is 15.9. The molecule has 2 rings (SSSR count). The Hall–Kier alpha value is -2.04. The Kier molecular flexibility index (Phi) is 5.81. The van der Waals surface area contributed by atoms with Gasteiger partial charge in [0, 0.05) is 17.3 Å². The molecule has 0 spiro atoms. The monoisotopic (exact) mass is 317 g/mol. The van der Waals surface area contributed by atoms with E-state index in [0.29, 0.717) is 17.3 Å². The highest BCUT2D eigenvalue weighted by molar-refractivity contribution is 6.30. The van der Waals surface area contributed by atoms with Gasteiger partial charge in [0.05, 0.1) is 6.04 Å². The minimum atomic E-state index is -0.245. The van der Waals surface area contributed by atoms with Crippen molar-refractivity contribution in [2.75, 3.05) is 26.0 Å². The summed E-state index contributed by atoms with van der Waals surface area (Å²) in [4.78, 5) is 14.1. The van der Waals surface area contributed by atoms with Crippen LogP contribution in [0.2, 0.25) is 5.02 Å². The molecule has 2 aromatic carbocycles. The lowest BCUT2D eigenvalue weighted by Gasteiger charge is -2.25. The molecule has 0 aromatic heterocycles. The van der Waals surface area contributed by atoms with Crippen LogP contribution in [0.4, 0.5) is 10.5 Å². The van der Waals surface area contributed by atoms with Crippen molar-refractivity contribution in [3.8, 4) is 0 Å². The third-order valence-electron chi connectivity index (χ3n) is 3.35. The Bertz CT molecular complexity index is 616. The van der Waals surface area contributed by atoms with Crippen LogP contribution in [0.25, 0.3) is 0 Å². The van der Waals surface area contributed by atoms with E-state index in [0.717, 1.165) is 5.56 Å². The quantitative estimate of drug-likeness (QED) is 0.881. The van der Waals surface area contributed by atoms with Crippen molar-refractivity contribution in [1.29, 1.82) is 0 Å². The number of nitrogens with one attached hydrogen (secondary N) is 2. The predicted octanol–water partition coefficient (Wildman–Crippen LogP) is 3.76. The molecule has 22 heavy (non-hydrogen) atoms. The third-order valence-corrected chi connectivity index (χ3v) is 3.58. The van der Waals surface area contributed by atoms with Crippen LogP contribution in [0.3, 0.4) is 0 Å². The average Bonchev–Trinajstić information content (AvgIpc) is 2.48. The molecule has 0 saturated carbocycles. The van der Waals surface area contributed by atoms with Crippen molar-refractivity contribution < 1.29 is 4.79 Å². The first-order valence-electron chi connectivity index (χ1n) is 7.08. The Morgan fingerprint density at radius 1 is 1.14 bits per heavy atom. The van der Waals surface area contributed by atoms with Crippen LogP contribution >= 0.6 is 11.6 Å². The van der Waals surface area contributed by atoms with Crippen molar-refractivity contribution in [2.24, 2.45) is 0 Å². The molecular weight excluding hydrogens is 298 g/mol. The topological polar surface area (TPSA) is 44.4 Å². The molecule has 5 heteroatoms. The van der Waals surface area contributed by atoms with E-state index in [2.05, 4.69) is 27.7 Å². The van der Waals surface area contributed by atoms with Gasteiger partial charge in [-0.2, -0.15) is 0 Å². The number of hydrogen-bond acceptors (Lipinski definition) is 2. The van der Waals surface area contributed by atoms with Gasteiger partial charge in [-0.25, -0.2) is 4.79 Å². The van der Waals surface area contributed by atoms with Gasteiger partial charge in [-0.05, 0) is 37.9 Å². The summed E-state index contributed by atoms with van der Waals surface area (Å²) in [6.07, 6.45) is 0. The van der Waals surface area contributed by atoms with E-state index in [1.807, 2.05) is 32.3 Å². The van der Waals surface area contributed by atoms with Gasteiger partial charge in [0.1, 0.15) is 0 Å². The van der Waals surface area contributed by atoms with Crippen LogP contribution in [0.5, 0.6) is 0 Å². The Morgan fingerprint density at radius 3 is 2.50 bits per heavy atom. The molecule has 0 saturated heterocycles. The molecule has 0 bridgehead atoms. The van der Waals surface area contributed by atoms with Crippen LogP contribution in [0.15, 0.2) is 54.6 Å². The normalized spacial score (nSPS) is 12.0. The molecule has 4 nitrogen and oxygen atoms in total. The molecule has 2 aromatic rings. The number of urea groups is 1. The van der Waals surface area contributed by atoms with Gasteiger partial charge in [-0.15, -0.1) is 0 Å². The molecule has 1 unspecified atom stereocenters. The number of halogens is 1. The van der Waals surface area contributed by atoms with Crippen LogP contribution < -0.4 is 10.6 Å². The van der Waals surface area contributed by atoms with Crippen molar-refractivity contribution in [3.63, 3.8) is 0 Å². The highest BCUT2D eigenvalue weighted by Crippen LogP contribution is 2.17. The lowest BCUT2D eigenvalue weighted by molar-refractivity contribution is 0.243. The van der Waals surface area contributed by atoms with E-state index in [9.17, 15) is 4.79 Å². The highest BCUT2D eigenvalue weighted by Gasteiger charge is 2.14. The standard InChI is InChI=1S/C17H20ClN3O/c1-21(2)16(13-7-4-3-5-8-13)12-19-17(22)20-15-10-6-9-14(18)11-15/h3-11,16H,12H2,1-2H3,(H2,19,20,22). The second kappa shape index (κ2) is 7.82. The van der Waals surface area contributed by atoms with Crippen molar-refractivity contribution in [3.05, 3.63) is 65.2 Å². The van der Waals surface area contributed by atoms with Crippen LogP contribution in [-0.2, 0) is 0 Å². The molecule has 116 valence electrons. The summed E-state index contributed by atoms with van der Waals surface area (Å²) in [5.74, 6) is 0. The fourth-order valence-electron chi connectivity index (χ4n) is 2.20. The zero-order valence-electron chi connectivity index (χ0n) is 12.7. The Labute approximate surface area is 136 Å². The number of carbonyl (C=O) groups is 1. The second-order valence-corrected chi connectivity index (χ2v) is 5.67. The molecule has 0 aliphatic heterocycles. The lowest BCUT2D eigenvalue weighted by atomic mass is 10.1.